The van der Waals surface area contributed by atoms with Gasteiger partial charge in [-0.2, -0.15) is 5.10 Å². The predicted octanol–water partition coefficient (Wildman–Crippen LogP) is 2.63. The molecule has 1 heterocycles. The fourth-order valence-corrected chi connectivity index (χ4v) is 3.26. The maximum Gasteiger partial charge on any atom is 0.232 e. The fraction of sp³-hybridized carbons (Fsp3) is 0.357. The van der Waals surface area contributed by atoms with E-state index in [0.717, 1.165) is 17.7 Å². The number of nitrogens with one attached hydrogen (secondary N) is 1. The Balaban J connectivity index is 2.31. The van der Waals surface area contributed by atoms with E-state index >= 15 is 0 Å². The molecule has 0 saturated carbocycles. The molecule has 5 nitrogen and oxygen atoms in total. The summed E-state index contributed by atoms with van der Waals surface area (Å²) in [6, 6.07) is 9.61. The van der Waals surface area contributed by atoms with E-state index < -0.39 is 10.0 Å². The fourth-order valence-electron chi connectivity index (χ4n) is 2.00. The molecule has 6 heteroatoms. The minimum Gasteiger partial charge on any atom is -0.280 e. The molecule has 0 aliphatic heterocycles. The quantitative estimate of drug-likeness (QED) is 0.890. The van der Waals surface area contributed by atoms with Gasteiger partial charge >= 0.3 is 0 Å². The van der Waals surface area contributed by atoms with E-state index in [9.17, 15) is 8.42 Å². The standard InChI is InChI=1S/C14H19N3O2S/c1-3-4-10-20(18,19)16-13-11-15-17(2)14(13)12-8-6-5-7-9-12/h5-9,11,16H,3-4,10H2,1-2H3. The van der Waals surface area contributed by atoms with Crippen molar-refractivity contribution >= 4 is 15.7 Å². The first-order valence-corrected chi connectivity index (χ1v) is 8.26. The second kappa shape index (κ2) is 6.09. The van der Waals surface area contributed by atoms with Gasteiger partial charge in [0.2, 0.25) is 10.0 Å². The van der Waals surface area contributed by atoms with Crippen LogP contribution in [0.1, 0.15) is 19.8 Å². The van der Waals surface area contributed by atoms with Gasteiger partial charge < -0.3 is 0 Å². The van der Waals surface area contributed by atoms with Gasteiger partial charge in [0.25, 0.3) is 0 Å². The highest BCUT2D eigenvalue weighted by Gasteiger charge is 2.16. The summed E-state index contributed by atoms with van der Waals surface area (Å²) >= 11 is 0. The number of benzene rings is 1. The lowest BCUT2D eigenvalue weighted by atomic mass is 10.1. The van der Waals surface area contributed by atoms with Crippen LogP contribution in [0.15, 0.2) is 36.5 Å². The minimum absolute atomic E-state index is 0.132. The Morgan fingerprint density at radius 3 is 2.60 bits per heavy atom. The number of aromatic nitrogens is 2. The number of rotatable bonds is 6. The molecule has 20 heavy (non-hydrogen) atoms. The van der Waals surface area contributed by atoms with E-state index in [-0.39, 0.29) is 5.75 Å². The molecule has 0 aliphatic rings. The molecule has 108 valence electrons. The van der Waals surface area contributed by atoms with Crippen LogP contribution < -0.4 is 4.72 Å². The van der Waals surface area contributed by atoms with Crippen LogP contribution in [0.2, 0.25) is 0 Å². The van der Waals surface area contributed by atoms with Gasteiger partial charge in [-0.25, -0.2) is 8.42 Å². The summed E-state index contributed by atoms with van der Waals surface area (Å²) in [6.45, 7) is 1.97. The lowest BCUT2D eigenvalue weighted by Gasteiger charge is -2.09. The first-order valence-electron chi connectivity index (χ1n) is 6.61. The molecule has 0 saturated heterocycles. The molecule has 0 aliphatic carbocycles. The van der Waals surface area contributed by atoms with Crippen molar-refractivity contribution in [2.45, 2.75) is 19.8 Å². The Morgan fingerprint density at radius 1 is 1.25 bits per heavy atom. The molecular formula is C14H19N3O2S. The molecule has 0 fully saturated rings. The number of hydrogen-bond donors (Lipinski definition) is 1. The van der Waals surface area contributed by atoms with Crippen LogP contribution in [0, 0.1) is 0 Å². The molecule has 1 aromatic carbocycles. The largest absolute Gasteiger partial charge is 0.280 e. The molecule has 0 bridgehead atoms. The minimum atomic E-state index is -3.32. The number of sulfonamides is 1. The van der Waals surface area contributed by atoms with Crippen molar-refractivity contribution in [3.05, 3.63) is 36.5 Å². The Bertz CT molecular complexity index is 663. The van der Waals surface area contributed by atoms with Crippen molar-refractivity contribution in [2.75, 3.05) is 10.5 Å². The van der Waals surface area contributed by atoms with Crippen molar-refractivity contribution in [1.82, 2.24) is 9.78 Å². The van der Waals surface area contributed by atoms with E-state index in [2.05, 4.69) is 9.82 Å². The van der Waals surface area contributed by atoms with Crippen LogP contribution in [-0.2, 0) is 17.1 Å². The van der Waals surface area contributed by atoms with Gasteiger partial charge in [0.1, 0.15) is 0 Å². The maximum atomic E-state index is 12.0. The third-order valence-corrected chi connectivity index (χ3v) is 4.38. The van der Waals surface area contributed by atoms with Crippen LogP contribution in [0.4, 0.5) is 5.69 Å². The van der Waals surface area contributed by atoms with Gasteiger partial charge in [-0.1, -0.05) is 43.7 Å². The Kier molecular flexibility index (Phi) is 4.44. The molecule has 0 radical (unpaired) electrons. The van der Waals surface area contributed by atoms with Crippen molar-refractivity contribution in [3.63, 3.8) is 0 Å². The molecule has 1 aromatic heterocycles. The summed E-state index contributed by atoms with van der Waals surface area (Å²) in [6.07, 6.45) is 3.04. The molecule has 2 rings (SSSR count). The average Bonchev–Trinajstić information content (AvgIpc) is 2.78. The first-order chi connectivity index (χ1) is 9.53. The molecular weight excluding hydrogens is 274 g/mol. The van der Waals surface area contributed by atoms with Crippen molar-refractivity contribution in [3.8, 4) is 11.3 Å². The molecule has 0 atom stereocenters. The number of aryl methyl sites for hydroxylation is 1. The third kappa shape index (κ3) is 3.39. The van der Waals surface area contributed by atoms with E-state index in [4.69, 9.17) is 0 Å². The number of anilines is 1. The number of unbranched alkanes of at least 4 members (excludes halogenated alkanes) is 1. The highest BCUT2D eigenvalue weighted by atomic mass is 32.2. The molecule has 0 unspecified atom stereocenters. The van der Waals surface area contributed by atoms with Crippen LogP contribution in [0.25, 0.3) is 11.3 Å². The highest BCUT2D eigenvalue weighted by Crippen LogP contribution is 2.27. The Morgan fingerprint density at radius 2 is 1.95 bits per heavy atom. The van der Waals surface area contributed by atoms with Crippen molar-refractivity contribution in [2.24, 2.45) is 7.05 Å². The summed E-state index contributed by atoms with van der Waals surface area (Å²) in [7, 11) is -1.52. The second-order valence-electron chi connectivity index (χ2n) is 4.67. The lowest BCUT2D eigenvalue weighted by Crippen LogP contribution is -2.16. The van der Waals surface area contributed by atoms with Gasteiger partial charge in [-0.05, 0) is 6.42 Å². The molecule has 0 amide bonds. The monoisotopic (exact) mass is 293 g/mol. The number of hydrogen-bond acceptors (Lipinski definition) is 3. The summed E-state index contributed by atoms with van der Waals surface area (Å²) in [4.78, 5) is 0. The second-order valence-corrected chi connectivity index (χ2v) is 6.51. The number of nitrogens with zero attached hydrogens (tertiary/aromatic N) is 2. The average molecular weight is 293 g/mol. The van der Waals surface area contributed by atoms with Crippen LogP contribution in [-0.4, -0.2) is 24.0 Å². The maximum absolute atomic E-state index is 12.0. The zero-order valence-corrected chi connectivity index (χ0v) is 12.5. The van der Waals surface area contributed by atoms with Gasteiger partial charge in [0, 0.05) is 12.6 Å². The molecule has 2 aromatic rings. The van der Waals surface area contributed by atoms with E-state index in [0.29, 0.717) is 12.1 Å². The first kappa shape index (κ1) is 14.6. The van der Waals surface area contributed by atoms with Crippen LogP contribution >= 0.6 is 0 Å². The van der Waals surface area contributed by atoms with Gasteiger partial charge in [0.05, 0.1) is 23.3 Å². The summed E-state index contributed by atoms with van der Waals surface area (Å²) in [5, 5.41) is 4.15. The van der Waals surface area contributed by atoms with Crippen molar-refractivity contribution in [1.29, 1.82) is 0 Å². The summed E-state index contributed by atoms with van der Waals surface area (Å²) in [5.41, 5.74) is 2.22. The third-order valence-electron chi connectivity index (χ3n) is 3.02. The molecule has 0 spiro atoms. The van der Waals surface area contributed by atoms with Crippen LogP contribution in [0.5, 0.6) is 0 Å². The van der Waals surface area contributed by atoms with Crippen LogP contribution in [0.3, 0.4) is 0 Å². The zero-order valence-electron chi connectivity index (χ0n) is 11.7. The Hall–Kier alpha value is -1.82. The van der Waals surface area contributed by atoms with Gasteiger partial charge in [-0.3, -0.25) is 9.40 Å². The lowest BCUT2D eigenvalue weighted by molar-refractivity contribution is 0.598. The van der Waals surface area contributed by atoms with E-state index in [1.165, 1.54) is 0 Å². The van der Waals surface area contributed by atoms with E-state index in [1.807, 2.05) is 37.3 Å². The van der Waals surface area contributed by atoms with E-state index in [1.54, 1.807) is 17.9 Å². The summed E-state index contributed by atoms with van der Waals surface area (Å²) in [5.74, 6) is 0.132. The summed E-state index contributed by atoms with van der Waals surface area (Å²) < 4.78 is 28.3. The topological polar surface area (TPSA) is 64.0 Å². The zero-order chi connectivity index (χ0) is 14.6. The normalized spacial score (nSPS) is 11.5. The Labute approximate surface area is 119 Å². The smallest absolute Gasteiger partial charge is 0.232 e. The van der Waals surface area contributed by atoms with Crippen molar-refractivity contribution < 1.29 is 8.42 Å². The highest BCUT2D eigenvalue weighted by molar-refractivity contribution is 7.92. The SMILES string of the molecule is CCCCS(=O)(=O)Nc1cnn(C)c1-c1ccccc1. The molecule has 1 N–H and O–H groups in total. The van der Waals surface area contributed by atoms with Gasteiger partial charge in [0.15, 0.2) is 0 Å². The van der Waals surface area contributed by atoms with Gasteiger partial charge in [-0.15, -0.1) is 0 Å². The predicted molar refractivity (Wildman–Crippen MR) is 81.0 cm³/mol.